The monoisotopic (exact) mass is 511 g/mol. The molecule has 2 aliphatic rings. The van der Waals surface area contributed by atoms with Crippen molar-refractivity contribution in [2.45, 2.75) is 11.8 Å². The number of amides is 3. The molecule has 0 atom stereocenters. The maximum Gasteiger partial charge on any atom is 0.323 e. The number of carbonyl (C=O) groups excluding carboxylic acids is 2. The Morgan fingerprint density at radius 1 is 1.00 bits per heavy atom. The van der Waals surface area contributed by atoms with Crippen molar-refractivity contribution < 1.29 is 14.3 Å². The van der Waals surface area contributed by atoms with E-state index in [1.807, 2.05) is 24.5 Å². The third kappa shape index (κ3) is 4.45. The van der Waals surface area contributed by atoms with E-state index in [1.54, 1.807) is 24.3 Å². The summed E-state index contributed by atoms with van der Waals surface area (Å²) in [5.41, 5.74) is 3.70. The van der Waals surface area contributed by atoms with Crippen LogP contribution >= 0.6 is 23.4 Å². The Kier molecular flexibility index (Phi) is 6.37. The Labute approximate surface area is 211 Å². The molecule has 1 saturated heterocycles. The minimum atomic E-state index is -0.377. The first-order chi connectivity index (χ1) is 16.9. The van der Waals surface area contributed by atoms with Crippen LogP contribution in [0, 0.1) is 0 Å². The zero-order valence-electron chi connectivity index (χ0n) is 19.2. The predicted octanol–water partition coefficient (Wildman–Crippen LogP) is 5.10. The van der Waals surface area contributed by atoms with Gasteiger partial charge in [-0.1, -0.05) is 11.6 Å². The number of fused-ring (bicyclic) bond motifs is 7. The summed E-state index contributed by atoms with van der Waals surface area (Å²) in [6, 6.07) is 12.3. The highest BCUT2D eigenvalue weighted by Gasteiger charge is 2.44. The van der Waals surface area contributed by atoms with Crippen LogP contribution in [-0.4, -0.2) is 54.5 Å². The topological polar surface area (TPSA) is 105 Å². The zero-order chi connectivity index (χ0) is 24.6. The van der Waals surface area contributed by atoms with Gasteiger partial charge in [-0.05, 0) is 42.7 Å². The molecule has 11 heteroatoms. The van der Waals surface area contributed by atoms with Gasteiger partial charge in [-0.15, -0.1) is 11.8 Å². The molecular weight excluding hydrogens is 488 g/mol. The van der Waals surface area contributed by atoms with Crippen molar-refractivity contribution in [2.75, 3.05) is 48.5 Å². The van der Waals surface area contributed by atoms with Crippen molar-refractivity contribution in [1.29, 1.82) is 0 Å². The second-order valence-corrected chi connectivity index (χ2v) is 9.47. The van der Waals surface area contributed by atoms with E-state index < -0.39 is 0 Å². The number of hydrogen-bond acceptors (Lipinski definition) is 6. The van der Waals surface area contributed by atoms with E-state index in [0.717, 1.165) is 22.0 Å². The number of quaternary nitrogens is 1. The van der Waals surface area contributed by atoms with Crippen LogP contribution < -0.4 is 20.4 Å². The molecule has 5 rings (SSSR count). The highest BCUT2D eigenvalue weighted by molar-refractivity contribution is 7.98. The Morgan fingerprint density at radius 3 is 2.34 bits per heavy atom. The molecule has 1 aromatic heterocycles. The molecule has 35 heavy (non-hydrogen) atoms. The molecule has 2 aromatic carbocycles. The first-order valence-electron chi connectivity index (χ1n) is 11.1. The molecule has 0 aliphatic carbocycles. The van der Waals surface area contributed by atoms with E-state index in [4.69, 9.17) is 21.3 Å². The summed E-state index contributed by atoms with van der Waals surface area (Å²) in [4.78, 5) is 34.5. The molecule has 3 amide bonds. The number of hydrogen-bond donors (Lipinski definition) is 3. The predicted molar refractivity (Wildman–Crippen MR) is 140 cm³/mol. The number of nitrogens with one attached hydrogen (secondary N) is 3. The fourth-order valence-corrected chi connectivity index (χ4v) is 5.50. The second-order valence-electron chi connectivity index (χ2n) is 8.29. The summed E-state index contributed by atoms with van der Waals surface area (Å²) < 4.78 is 6.11. The maximum absolute atomic E-state index is 13.0. The molecule has 1 fully saturated rings. The Bertz CT molecular complexity index is 1310. The van der Waals surface area contributed by atoms with Crippen LogP contribution in [0.15, 0.2) is 47.4 Å². The van der Waals surface area contributed by atoms with Crippen molar-refractivity contribution in [1.82, 2.24) is 14.5 Å². The lowest BCUT2D eigenvalue weighted by atomic mass is 10.1. The third-order valence-electron chi connectivity index (χ3n) is 6.08. The van der Waals surface area contributed by atoms with Gasteiger partial charge >= 0.3 is 6.03 Å². The van der Waals surface area contributed by atoms with Crippen LogP contribution in [0.5, 0.6) is 0 Å². The van der Waals surface area contributed by atoms with Crippen LogP contribution in [0.4, 0.5) is 33.4 Å². The normalized spacial score (nSPS) is 15.3. The zero-order valence-corrected chi connectivity index (χ0v) is 20.8. The van der Waals surface area contributed by atoms with E-state index in [2.05, 4.69) is 20.9 Å². The van der Waals surface area contributed by atoms with Gasteiger partial charge in [-0.3, -0.25) is 4.79 Å². The van der Waals surface area contributed by atoms with Crippen molar-refractivity contribution in [3.05, 3.63) is 47.6 Å². The van der Waals surface area contributed by atoms with Gasteiger partial charge in [0.15, 0.2) is 16.7 Å². The summed E-state index contributed by atoms with van der Waals surface area (Å²) in [5.74, 6) is 1.24. The minimum Gasteiger partial charge on any atom is -0.370 e. The highest BCUT2D eigenvalue weighted by Crippen LogP contribution is 2.49. The summed E-state index contributed by atoms with van der Waals surface area (Å²) in [6.45, 7) is 3.87. The molecule has 3 heterocycles. The maximum atomic E-state index is 13.0. The Balaban J connectivity index is 1.48. The average molecular weight is 512 g/mol. The van der Waals surface area contributed by atoms with E-state index in [1.165, 1.54) is 18.7 Å². The number of nitrogens with zero attached hydrogens (tertiary/aromatic N) is 3. The lowest BCUT2D eigenvalue weighted by molar-refractivity contribution is -0.114. The summed E-state index contributed by atoms with van der Waals surface area (Å²) in [7, 11) is 0. The first-order valence-corrected chi connectivity index (χ1v) is 12.7. The molecule has 0 saturated carbocycles. The molecule has 3 N–H and O–H groups in total. The molecular formula is C24H24ClN6O3S+. The smallest absolute Gasteiger partial charge is 0.323 e. The first kappa shape index (κ1) is 23.6. The lowest BCUT2D eigenvalue weighted by Crippen LogP contribution is -2.53. The summed E-state index contributed by atoms with van der Waals surface area (Å²) in [5, 5.41) is 9.00. The fourth-order valence-electron chi connectivity index (χ4n) is 4.48. The number of anilines is 3. The molecule has 0 unspecified atom stereocenters. The number of urea groups is 1. The SMILES string of the molecule is CSc1c(Cl)nc2nc1[N+]1(CCOCC1)c1cc-2ccc1NC(=O)Nc1ccc(NC(C)=O)cc1. The van der Waals surface area contributed by atoms with Crippen molar-refractivity contribution in [3.8, 4) is 11.4 Å². The van der Waals surface area contributed by atoms with Crippen LogP contribution in [0.3, 0.4) is 0 Å². The van der Waals surface area contributed by atoms with Crippen LogP contribution in [0.25, 0.3) is 11.4 Å². The summed E-state index contributed by atoms with van der Waals surface area (Å²) >= 11 is 8.10. The third-order valence-corrected chi connectivity index (χ3v) is 7.25. The largest absolute Gasteiger partial charge is 0.370 e. The van der Waals surface area contributed by atoms with Gasteiger partial charge in [0, 0.05) is 29.9 Å². The minimum absolute atomic E-state index is 0.155. The number of carbonyl (C=O) groups is 2. The van der Waals surface area contributed by atoms with Crippen molar-refractivity contribution in [2.24, 2.45) is 0 Å². The van der Waals surface area contributed by atoms with Crippen LogP contribution in [-0.2, 0) is 9.53 Å². The second kappa shape index (κ2) is 9.46. The number of ether oxygens (including phenoxy) is 1. The number of aromatic nitrogens is 2. The van der Waals surface area contributed by atoms with E-state index in [9.17, 15) is 9.59 Å². The van der Waals surface area contributed by atoms with E-state index >= 15 is 0 Å². The standard InChI is InChI=1S/C24H23ClN6O3S/c1-14(32)26-16-4-6-17(7-5-16)27-24(33)28-18-8-3-15-13-19(18)31(9-11-34-12-10-31)23-20(35-2)21(25)29-22(15)30-23/h3-8,13H,9-12H2,1-2H3,(H2-,26,27,28,29,30,32,33)/p+1. The molecule has 2 aliphatic heterocycles. The average Bonchev–Trinajstić information content (AvgIpc) is 2.91. The quantitative estimate of drug-likeness (QED) is 0.255. The number of benzene rings is 2. The lowest BCUT2D eigenvalue weighted by Gasteiger charge is -2.40. The van der Waals surface area contributed by atoms with Gasteiger partial charge in [0.2, 0.25) is 5.91 Å². The van der Waals surface area contributed by atoms with E-state index in [-0.39, 0.29) is 11.9 Å². The van der Waals surface area contributed by atoms with Crippen LogP contribution in [0.1, 0.15) is 6.92 Å². The van der Waals surface area contributed by atoms with Gasteiger partial charge in [-0.25, -0.2) is 14.3 Å². The van der Waals surface area contributed by atoms with Gasteiger partial charge in [0.25, 0.3) is 5.82 Å². The van der Waals surface area contributed by atoms with Gasteiger partial charge in [0.1, 0.15) is 23.7 Å². The molecule has 3 aromatic rings. The van der Waals surface area contributed by atoms with Crippen molar-refractivity contribution in [3.63, 3.8) is 0 Å². The van der Waals surface area contributed by atoms with Crippen molar-refractivity contribution >= 4 is 63.9 Å². The Morgan fingerprint density at radius 2 is 1.69 bits per heavy atom. The van der Waals surface area contributed by atoms with Gasteiger partial charge in [0.05, 0.1) is 13.2 Å². The van der Waals surface area contributed by atoms with Gasteiger partial charge < -0.3 is 20.7 Å². The molecule has 180 valence electrons. The van der Waals surface area contributed by atoms with Crippen LogP contribution in [0.2, 0.25) is 5.15 Å². The Hall–Kier alpha value is -3.18. The van der Waals surface area contributed by atoms with Gasteiger partial charge in [-0.2, -0.15) is 4.98 Å². The molecule has 4 bridgehead atoms. The molecule has 1 spiro atoms. The number of rotatable bonds is 4. The highest BCUT2D eigenvalue weighted by atomic mass is 35.5. The number of thioether (sulfide) groups is 1. The fraction of sp³-hybridized carbons (Fsp3) is 0.250. The molecule has 9 nitrogen and oxygen atoms in total. The molecule has 0 radical (unpaired) electrons. The number of morpholine rings is 1. The summed E-state index contributed by atoms with van der Waals surface area (Å²) in [6.07, 6.45) is 1.96. The number of halogens is 1. The van der Waals surface area contributed by atoms with E-state index in [0.29, 0.717) is 58.8 Å².